The molecule has 2 heteroatoms. The normalized spacial score (nSPS) is 21.4. The minimum atomic E-state index is 0.242. The van der Waals surface area contributed by atoms with E-state index in [4.69, 9.17) is 4.74 Å². The lowest BCUT2D eigenvalue weighted by Crippen LogP contribution is -2.05. The van der Waals surface area contributed by atoms with E-state index in [1.807, 2.05) is 7.11 Å². The third-order valence-electron chi connectivity index (χ3n) is 4.07. The highest BCUT2D eigenvalue weighted by molar-refractivity contribution is 7.28. The van der Waals surface area contributed by atoms with Gasteiger partial charge in [-0.05, 0) is 39.9 Å². The van der Waals surface area contributed by atoms with Gasteiger partial charge in [0.25, 0.3) is 0 Å². The van der Waals surface area contributed by atoms with Crippen LogP contribution in [0.25, 0.3) is 11.1 Å². The van der Waals surface area contributed by atoms with Gasteiger partial charge in [0, 0.05) is 7.11 Å². The number of hydrogen-bond acceptors (Lipinski definition) is 1. The van der Waals surface area contributed by atoms with Crippen molar-refractivity contribution in [2.24, 2.45) is 5.92 Å². The molecular weight excluding hydrogens is 251 g/mol. The van der Waals surface area contributed by atoms with E-state index < -0.39 is 0 Å². The number of rotatable bonds is 2. The molecule has 1 nitrogen and oxygen atoms in total. The number of fused-ring (bicyclic) bond motifs is 1. The van der Waals surface area contributed by atoms with Crippen molar-refractivity contribution in [3.8, 4) is 11.1 Å². The lowest BCUT2D eigenvalue weighted by molar-refractivity contribution is 0.0695. The van der Waals surface area contributed by atoms with Crippen LogP contribution in [0.5, 0.6) is 0 Å². The Bertz CT molecular complexity index is 606. The molecule has 2 aromatic carbocycles. The maximum Gasteiger partial charge on any atom is 0.0852 e. The summed E-state index contributed by atoms with van der Waals surface area (Å²) in [6.45, 7) is 2.27. The van der Waals surface area contributed by atoms with Crippen LogP contribution in [-0.2, 0) is 11.2 Å². The molecule has 2 aromatic rings. The molecule has 3 rings (SSSR count). The quantitative estimate of drug-likeness (QED) is 0.755. The number of hydrogen-bond donors (Lipinski definition) is 0. The number of benzene rings is 2. The minimum absolute atomic E-state index is 0.242. The molecule has 0 radical (unpaired) electrons. The van der Waals surface area contributed by atoms with Gasteiger partial charge in [0.05, 0.1) is 6.10 Å². The first-order valence-electron chi connectivity index (χ1n) is 6.72. The average Bonchev–Trinajstić information content (AvgIpc) is 2.74. The van der Waals surface area contributed by atoms with Crippen molar-refractivity contribution in [1.82, 2.24) is 0 Å². The summed E-state index contributed by atoms with van der Waals surface area (Å²) in [5.41, 5.74) is 5.49. The molecule has 98 valence electrons. The molecule has 0 spiro atoms. The second-order valence-corrected chi connectivity index (χ2v) is 5.92. The largest absolute Gasteiger partial charge is 0.376 e. The first-order valence-corrected chi connectivity index (χ1v) is 7.29. The van der Waals surface area contributed by atoms with E-state index in [9.17, 15) is 0 Å². The van der Waals surface area contributed by atoms with Gasteiger partial charge in [-0.1, -0.05) is 49.4 Å². The molecule has 3 unspecified atom stereocenters. The zero-order valence-electron chi connectivity index (χ0n) is 11.4. The third-order valence-corrected chi connectivity index (χ3v) is 4.57. The average molecular weight is 270 g/mol. The second kappa shape index (κ2) is 5.07. The SMILES string of the molecule is COC1c2cccc(-c3ccccc3P)c2CC1C. The van der Waals surface area contributed by atoms with Crippen LogP contribution in [0.2, 0.25) is 0 Å². The fourth-order valence-corrected chi connectivity index (χ4v) is 3.55. The summed E-state index contributed by atoms with van der Waals surface area (Å²) in [6.07, 6.45) is 1.34. The monoisotopic (exact) mass is 270 g/mol. The van der Waals surface area contributed by atoms with Crippen molar-refractivity contribution in [1.29, 1.82) is 0 Å². The highest BCUT2D eigenvalue weighted by Crippen LogP contribution is 2.42. The Morgan fingerprint density at radius 2 is 1.79 bits per heavy atom. The Labute approximate surface area is 117 Å². The van der Waals surface area contributed by atoms with Crippen LogP contribution in [0.15, 0.2) is 42.5 Å². The van der Waals surface area contributed by atoms with E-state index in [1.165, 1.54) is 27.6 Å². The highest BCUT2D eigenvalue weighted by atomic mass is 31.0. The molecule has 0 heterocycles. The van der Waals surface area contributed by atoms with E-state index in [-0.39, 0.29) is 6.10 Å². The Hall–Kier alpha value is -1.17. The van der Waals surface area contributed by atoms with Gasteiger partial charge in [0.2, 0.25) is 0 Å². The third kappa shape index (κ3) is 2.12. The van der Waals surface area contributed by atoms with Gasteiger partial charge in [0.1, 0.15) is 0 Å². The first kappa shape index (κ1) is 12.8. The van der Waals surface area contributed by atoms with E-state index in [0.29, 0.717) is 5.92 Å². The van der Waals surface area contributed by atoms with Gasteiger partial charge in [-0.3, -0.25) is 0 Å². The van der Waals surface area contributed by atoms with Crippen molar-refractivity contribution in [2.75, 3.05) is 7.11 Å². The van der Waals surface area contributed by atoms with Crippen molar-refractivity contribution < 1.29 is 4.74 Å². The van der Waals surface area contributed by atoms with Gasteiger partial charge in [0.15, 0.2) is 0 Å². The van der Waals surface area contributed by atoms with Gasteiger partial charge < -0.3 is 4.74 Å². The molecule has 0 aromatic heterocycles. The van der Waals surface area contributed by atoms with Crippen LogP contribution < -0.4 is 5.30 Å². The Balaban J connectivity index is 2.16. The second-order valence-electron chi connectivity index (χ2n) is 5.30. The van der Waals surface area contributed by atoms with Crippen molar-refractivity contribution in [2.45, 2.75) is 19.4 Å². The molecule has 0 aliphatic heterocycles. The standard InChI is InChI=1S/C17H19OP/c1-11-10-15-12(13-6-3-4-9-16(13)19)7-5-8-14(15)17(11)18-2/h3-9,11,17H,10,19H2,1-2H3. The predicted molar refractivity (Wildman–Crippen MR) is 83.8 cm³/mol. The van der Waals surface area contributed by atoms with Crippen LogP contribution in [0, 0.1) is 5.92 Å². The van der Waals surface area contributed by atoms with E-state index in [0.717, 1.165) is 6.42 Å². The highest BCUT2D eigenvalue weighted by Gasteiger charge is 2.31. The lowest BCUT2D eigenvalue weighted by Gasteiger charge is -2.14. The molecule has 0 fully saturated rings. The lowest BCUT2D eigenvalue weighted by atomic mass is 9.96. The zero-order chi connectivity index (χ0) is 13.4. The Morgan fingerprint density at radius 1 is 1.05 bits per heavy atom. The van der Waals surface area contributed by atoms with Crippen LogP contribution >= 0.6 is 9.24 Å². The molecule has 19 heavy (non-hydrogen) atoms. The molecule has 0 saturated carbocycles. The zero-order valence-corrected chi connectivity index (χ0v) is 12.5. The van der Waals surface area contributed by atoms with Crippen LogP contribution in [-0.4, -0.2) is 7.11 Å². The Kier molecular flexibility index (Phi) is 3.43. The van der Waals surface area contributed by atoms with E-state index in [1.54, 1.807) is 0 Å². The molecule has 3 atom stereocenters. The fourth-order valence-electron chi connectivity index (χ4n) is 3.19. The van der Waals surface area contributed by atoms with Gasteiger partial charge in [-0.2, -0.15) is 0 Å². The maximum atomic E-state index is 5.67. The minimum Gasteiger partial charge on any atom is -0.376 e. The fraction of sp³-hybridized carbons (Fsp3) is 0.294. The van der Waals surface area contributed by atoms with E-state index >= 15 is 0 Å². The molecule has 0 saturated heterocycles. The van der Waals surface area contributed by atoms with Crippen molar-refractivity contribution in [3.05, 3.63) is 53.6 Å². The smallest absolute Gasteiger partial charge is 0.0852 e. The summed E-state index contributed by atoms with van der Waals surface area (Å²) in [6, 6.07) is 15.1. The summed E-state index contributed by atoms with van der Waals surface area (Å²) < 4.78 is 5.67. The summed E-state index contributed by atoms with van der Waals surface area (Å²) in [5.74, 6) is 0.554. The maximum absolute atomic E-state index is 5.67. The van der Waals surface area contributed by atoms with Gasteiger partial charge >= 0.3 is 0 Å². The topological polar surface area (TPSA) is 9.23 Å². The molecule has 1 aliphatic carbocycles. The number of ether oxygens (including phenoxy) is 1. The molecular formula is C17H19OP. The molecule has 0 bridgehead atoms. The van der Waals surface area contributed by atoms with Crippen molar-refractivity contribution >= 4 is 14.5 Å². The summed E-state index contributed by atoms with van der Waals surface area (Å²) in [4.78, 5) is 0. The van der Waals surface area contributed by atoms with Crippen LogP contribution in [0.4, 0.5) is 0 Å². The summed E-state index contributed by atoms with van der Waals surface area (Å²) in [7, 11) is 4.65. The Morgan fingerprint density at radius 3 is 2.53 bits per heavy atom. The van der Waals surface area contributed by atoms with Gasteiger partial charge in [-0.15, -0.1) is 9.24 Å². The number of methoxy groups -OCH3 is 1. The van der Waals surface area contributed by atoms with E-state index in [2.05, 4.69) is 58.6 Å². The van der Waals surface area contributed by atoms with Crippen LogP contribution in [0.3, 0.4) is 0 Å². The van der Waals surface area contributed by atoms with Crippen LogP contribution in [0.1, 0.15) is 24.2 Å². The summed E-state index contributed by atoms with van der Waals surface area (Å²) in [5, 5.41) is 1.25. The molecule has 0 N–H and O–H groups in total. The first-order chi connectivity index (χ1) is 9.22. The molecule has 0 amide bonds. The molecule has 1 aliphatic rings. The summed E-state index contributed by atoms with van der Waals surface area (Å²) >= 11 is 0. The van der Waals surface area contributed by atoms with Crippen molar-refractivity contribution in [3.63, 3.8) is 0 Å². The predicted octanol–water partition coefficient (Wildman–Crippen LogP) is 3.73. The van der Waals surface area contributed by atoms with Gasteiger partial charge in [-0.25, -0.2) is 0 Å².